The summed E-state index contributed by atoms with van der Waals surface area (Å²) in [7, 11) is 0. The van der Waals surface area contributed by atoms with Gasteiger partial charge in [-0.1, -0.05) is 6.07 Å². The van der Waals surface area contributed by atoms with E-state index in [2.05, 4.69) is 0 Å². The molecule has 0 saturated carbocycles. The average Bonchev–Trinajstić information content (AvgIpc) is 2.78. The maximum absolute atomic E-state index is 10.7. The lowest BCUT2D eigenvalue weighted by molar-refractivity contribution is 0.0702. The minimum absolute atomic E-state index is 0.205. The van der Waals surface area contributed by atoms with Gasteiger partial charge in [0.15, 0.2) is 0 Å². The fourth-order valence-electron chi connectivity index (χ4n) is 1.42. The summed E-state index contributed by atoms with van der Waals surface area (Å²) < 4.78 is 5.54. The van der Waals surface area contributed by atoms with Crippen molar-refractivity contribution < 1.29 is 14.6 Å². The molecule has 0 bridgehead atoms. The first-order valence-corrected chi connectivity index (χ1v) is 5.98. The Kier molecular flexibility index (Phi) is 3.31. The topological polar surface area (TPSA) is 70.3 Å². The second-order valence-corrected chi connectivity index (χ2v) is 4.58. The Morgan fingerprint density at radius 2 is 2.22 bits per heavy atom. The first-order valence-electron chi connectivity index (χ1n) is 5.10. The van der Waals surface area contributed by atoms with Crippen molar-refractivity contribution in [2.24, 2.45) is 0 Å². The number of aryl methyl sites for hydroxylation is 1. The number of benzene rings is 1. The van der Waals surface area contributed by atoms with Crippen LogP contribution in [0.1, 0.15) is 20.8 Å². The summed E-state index contributed by atoms with van der Waals surface area (Å²) in [6.45, 7) is 1.89. The summed E-state index contributed by atoms with van der Waals surface area (Å²) in [6.07, 6.45) is 0. The van der Waals surface area contributed by atoms with Crippen molar-refractivity contribution in [3.63, 3.8) is 0 Å². The molecule has 0 saturated heterocycles. The van der Waals surface area contributed by atoms with Crippen molar-refractivity contribution in [3.8, 4) is 17.6 Å². The van der Waals surface area contributed by atoms with Crippen LogP contribution in [0.4, 0.5) is 0 Å². The van der Waals surface area contributed by atoms with Crippen LogP contribution in [0.25, 0.3) is 0 Å². The van der Waals surface area contributed by atoms with E-state index >= 15 is 0 Å². The molecule has 1 heterocycles. The molecule has 1 aromatic carbocycles. The van der Waals surface area contributed by atoms with E-state index in [-0.39, 0.29) is 4.88 Å². The van der Waals surface area contributed by atoms with Gasteiger partial charge in [-0.2, -0.15) is 5.26 Å². The van der Waals surface area contributed by atoms with E-state index in [4.69, 9.17) is 15.1 Å². The zero-order chi connectivity index (χ0) is 13.1. The Morgan fingerprint density at radius 1 is 1.44 bits per heavy atom. The molecular formula is C13H9NO3S. The van der Waals surface area contributed by atoms with Crippen molar-refractivity contribution in [2.45, 2.75) is 6.92 Å². The van der Waals surface area contributed by atoms with Gasteiger partial charge in [-0.25, -0.2) is 4.79 Å². The fraction of sp³-hybridized carbons (Fsp3) is 0.0769. The van der Waals surface area contributed by atoms with Crippen LogP contribution in [-0.4, -0.2) is 11.1 Å². The molecule has 2 rings (SSSR count). The molecule has 0 spiro atoms. The van der Waals surface area contributed by atoms with Gasteiger partial charge in [-0.15, -0.1) is 11.3 Å². The third-order valence-corrected chi connectivity index (χ3v) is 3.17. The van der Waals surface area contributed by atoms with Crippen molar-refractivity contribution >= 4 is 17.3 Å². The molecule has 0 radical (unpaired) electrons. The van der Waals surface area contributed by atoms with Gasteiger partial charge in [0.05, 0.1) is 5.56 Å². The molecular weight excluding hydrogens is 250 g/mol. The summed E-state index contributed by atoms with van der Waals surface area (Å²) in [6, 6.07) is 8.72. The van der Waals surface area contributed by atoms with Crippen LogP contribution in [0, 0.1) is 18.3 Å². The van der Waals surface area contributed by atoms with Crippen LogP contribution >= 0.6 is 11.3 Å². The smallest absolute Gasteiger partial charge is 0.346 e. The highest BCUT2D eigenvalue weighted by Crippen LogP contribution is 2.29. The summed E-state index contributed by atoms with van der Waals surface area (Å²) in [5, 5.41) is 19.4. The third-order valence-electron chi connectivity index (χ3n) is 2.27. The lowest BCUT2D eigenvalue weighted by atomic mass is 10.1. The number of carboxylic acid groups (broad SMARTS) is 1. The highest BCUT2D eigenvalue weighted by molar-refractivity contribution is 7.12. The number of hydrogen-bond donors (Lipinski definition) is 1. The van der Waals surface area contributed by atoms with E-state index in [1.54, 1.807) is 17.5 Å². The summed E-state index contributed by atoms with van der Waals surface area (Å²) >= 11 is 1.09. The zero-order valence-electron chi connectivity index (χ0n) is 9.51. The van der Waals surface area contributed by atoms with Gasteiger partial charge in [0, 0.05) is 11.4 Å². The Hall–Kier alpha value is -2.32. The third kappa shape index (κ3) is 2.50. The number of hydrogen-bond acceptors (Lipinski definition) is 4. The Morgan fingerprint density at radius 3 is 2.83 bits per heavy atom. The number of nitriles is 1. The average molecular weight is 259 g/mol. The molecule has 0 unspecified atom stereocenters. The predicted octanol–water partition coefficient (Wildman–Crippen LogP) is 3.42. The van der Waals surface area contributed by atoms with Crippen LogP contribution in [-0.2, 0) is 0 Å². The number of aromatic carboxylic acids is 1. The Labute approximate surface area is 108 Å². The summed E-state index contributed by atoms with van der Waals surface area (Å²) in [5.74, 6) is -0.119. The zero-order valence-corrected chi connectivity index (χ0v) is 10.3. The van der Waals surface area contributed by atoms with Gasteiger partial charge in [0.25, 0.3) is 0 Å². The van der Waals surface area contributed by atoms with Gasteiger partial charge in [0.1, 0.15) is 22.4 Å². The number of nitrogens with zero attached hydrogens (tertiary/aromatic N) is 1. The molecule has 18 heavy (non-hydrogen) atoms. The quantitative estimate of drug-likeness (QED) is 0.916. The minimum atomic E-state index is -0.986. The molecule has 1 aromatic heterocycles. The molecule has 5 heteroatoms. The maximum atomic E-state index is 10.7. The van der Waals surface area contributed by atoms with Gasteiger partial charge in [-0.05, 0) is 24.6 Å². The number of carbonyl (C=O) groups is 1. The second-order valence-electron chi connectivity index (χ2n) is 3.67. The highest BCUT2D eigenvalue weighted by atomic mass is 32.1. The summed E-state index contributed by atoms with van der Waals surface area (Å²) in [4.78, 5) is 11.0. The van der Waals surface area contributed by atoms with E-state index in [0.29, 0.717) is 17.1 Å². The van der Waals surface area contributed by atoms with Crippen LogP contribution in [0.15, 0.2) is 29.6 Å². The first-order chi connectivity index (χ1) is 8.60. The van der Waals surface area contributed by atoms with Crippen LogP contribution in [0.5, 0.6) is 11.5 Å². The number of rotatable bonds is 3. The molecule has 0 amide bonds. The number of thiophene rings is 1. The minimum Gasteiger partial charge on any atom is -0.477 e. The number of ether oxygens (including phenoxy) is 1. The monoisotopic (exact) mass is 259 g/mol. The Bertz CT molecular complexity index is 640. The molecule has 0 aliphatic carbocycles. The van der Waals surface area contributed by atoms with Crippen LogP contribution in [0.2, 0.25) is 0 Å². The molecule has 2 aromatic rings. The molecule has 0 atom stereocenters. The molecule has 4 nitrogen and oxygen atoms in total. The maximum Gasteiger partial charge on any atom is 0.346 e. The van der Waals surface area contributed by atoms with Gasteiger partial charge in [0.2, 0.25) is 0 Å². The van der Waals surface area contributed by atoms with Crippen molar-refractivity contribution in [2.75, 3.05) is 0 Å². The first kappa shape index (κ1) is 12.1. The van der Waals surface area contributed by atoms with Crippen LogP contribution in [0.3, 0.4) is 0 Å². The molecule has 1 N–H and O–H groups in total. The molecule has 0 aliphatic rings. The Balaban J connectivity index is 2.30. The van der Waals surface area contributed by atoms with Crippen LogP contribution < -0.4 is 4.74 Å². The lowest BCUT2D eigenvalue weighted by Gasteiger charge is -2.05. The van der Waals surface area contributed by atoms with E-state index in [1.165, 1.54) is 6.07 Å². The van der Waals surface area contributed by atoms with Crippen molar-refractivity contribution in [1.82, 2.24) is 0 Å². The van der Waals surface area contributed by atoms with E-state index in [9.17, 15) is 4.79 Å². The molecule has 0 aliphatic heterocycles. The van der Waals surface area contributed by atoms with E-state index in [1.807, 2.05) is 19.1 Å². The van der Waals surface area contributed by atoms with Crippen molar-refractivity contribution in [3.05, 3.63) is 45.6 Å². The highest BCUT2D eigenvalue weighted by Gasteiger charge is 2.10. The SMILES string of the molecule is Cc1ccc(C#N)c(Oc2csc(C(=O)O)c2)c1. The van der Waals surface area contributed by atoms with Gasteiger partial charge >= 0.3 is 5.97 Å². The molecule has 90 valence electrons. The van der Waals surface area contributed by atoms with Crippen molar-refractivity contribution in [1.29, 1.82) is 5.26 Å². The standard InChI is InChI=1S/C13H9NO3S/c1-8-2-3-9(6-14)11(4-8)17-10-5-12(13(15)16)18-7-10/h2-5,7H,1H3,(H,15,16). The van der Waals surface area contributed by atoms with E-state index in [0.717, 1.165) is 16.9 Å². The number of carboxylic acids is 1. The lowest BCUT2D eigenvalue weighted by Crippen LogP contribution is -1.91. The van der Waals surface area contributed by atoms with Gasteiger partial charge in [-0.3, -0.25) is 0 Å². The van der Waals surface area contributed by atoms with Gasteiger partial charge < -0.3 is 9.84 Å². The largest absolute Gasteiger partial charge is 0.477 e. The van der Waals surface area contributed by atoms with E-state index < -0.39 is 5.97 Å². The normalized spacial score (nSPS) is 9.78. The predicted molar refractivity (Wildman–Crippen MR) is 67.2 cm³/mol. The molecule has 0 fully saturated rings. The summed E-state index contributed by atoms with van der Waals surface area (Å²) in [5.41, 5.74) is 1.39. The fourth-order valence-corrected chi connectivity index (χ4v) is 2.06. The second kappa shape index (κ2) is 4.90.